The molecule has 69 heavy (non-hydrogen) atoms. The van der Waals surface area contributed by atoms with E-state index in [1.165, 1.54) is 51.1 Å². The van der Waals surface area contributed by atoms with Crippen LogP contribution in [0.1, 0.15) is 125 Å². The highest BCUT2D eigenvalue weighted by atomic mass is 16.4. The fraction of sp³-hybridized carbons (Fsp3) is 0.281. The third kappa shape index (κ3) is 13.4. The maximum Gasteiger partial charge on any atom is 0.336 e. The fourth-order valence-corrected chi connectivity index (χ4v) is 8.75. The first-order chi connectivity index (χ1) is 32.9. The number of aliphatic carboxylic acids is 1. The van der Waals surface area contributed by atoms with E-state index in [9.17, 15) is 9.90 Å². The Morgan fingerprint density at radius 3 is 1.43 bits per heavy atom. The SMILES string of the molecule is CCC(C)c1ccc(C(=C2C=CC(=[N+](CC)CC)C=C2)c2ccc(C)cc2)cc1.CCC(C)c1ccc(N=C2C=CC(=C(c3ccc(C)cc3)c3ccc(N(CC)CC)cc3)C(C(=O)O)=C2)cc1.[CH3-]. The molecule has 0 spiro atoms. The second kappa shape index (κ2) is 25.5. The van der Waals surface area contributed by atoms with Gasteiger partial charge < -0.3 is 17.4 Å². The molecule has 358 valence electrons. The van der Waals surface area contributed by atoms with Gasteiger partial charge in [0.05, 0.1) is 17.0 Å². The van der Waals surface area contributed by atoms with Crippen LogP contribution in [0.15, 0.2) is 186 Å². The number of carboxylic acids is 1. The number of hydrogen-bond acceptors (Lipinski definition) is 3. The lowest BCUT2D eigenvalue weighted by Gasteiger charge is -2.22. The minimum absolute atomic E-state index is 0. The highest BCUT2D eigenvalue weighted by molar-refractivity contribution is 6.15. The molecule has 2 unspecified atom stereocenters. The number of anilines is 1. The van der Waals surface area contributed by atoms with Gasteiger partial charge in [-0.25, -0.2) is 14.4 Å². The lowest BCUT2D eigenvalue weighted by molar-refractivity contribution is -0.519. The Labute approximate surface area is 415 Å². The highest BCUT2D eigenvalue weighted by Crippen LogP contribution is 2.36. The van der Waals surface area contributed by atoms with Crippen LogP contribution in [0.3, 0.4) is 0 Å². The summed E-state index contributed by atoms with van der Waals surface area (Å²) in [7, 11) is 0. The molecule has 2 atom stereocenters. The maximum absolute atomic E-state index is 12.6. The van der Waals surface area contributed by atoms with Gasteiger partial charge in [-0.2, -0.15) is 0 Å². The molecular formula is C64H75N3O2. The first-order valence-electron chi connectivity index (χ1n) is 24.8. The van der Waals surface area contributed by atoms with Gasteiger partial charge in [0.2, 0.25) is 0 Å². The summed E-state index contributed by atoms with van der Waals surface area (Å²) in [6, 6.07) is 42.9. The van der Waals surface area contributed by atoms with Crippen LogP contribution in [-0.2, 0) is 4.79 Å². The number of nitrogens with zero attached hydrogens (tertiary/aromatic N) is 3. The van der Waals surface area contributed by atoms with E-state index in [4.69, 9.17) is 4.99 Å². The molecule has 5 aromatic rings. The number of carboxylic acid groups (broad SMARTS) is 1. The second-order valence-electron chi connectivity index (χ2n) is 17.9. The molecule has 0 heterocycles. The van der Waals surface area contributed by atoms with Gasteiger partial charge in [-0.1, -0.05) is 142 Å². The molecule has 0 bridgehead atoms. The summed E-state index contributed by atoms with van der Waals surface area (Å²) in [5.41, 5.74) is 17.9. The minimum atomic E-state index is -0.974. The number of allylic oxidation sites excluding steroid dienone is 8. The first-order valence-corrected chi connectivity index (χ1v) is 24.8. The van der Waals surface area contributed by atoms with Gasteiger partial charge in [0, 0.05) is 30.9 Å². The Bertz CT molecular complexity index is 2730. The van der Waals surface area contributed by atoms with Gasteiger partial charge in [0.15, 0.2) is 5.71 Å². The molecule has 0 aliphatic heterocycles. The van der Waals surface area contributed by atoms with Gasteiger partial charge in [-0.15, -0.1) is 0 Å². The number of aliphatic imine (C=N–C) groups is 1. The zero-order chi connectivity index (χ0) is 48.7. The van der Waals surface area contributed by atoms with Crippen molar-refractivity contribution in [2.45, 2.75) is 93.9 Å². The number of rotatable bonds is 15. The van der Waals surface area contributed by atoms with E-state index < -0.39 is 5.97 Å². The Hall–Kier alpha value is -6.85. The summed E-state index contributed by atoms with van der Waals surface area (Å²) in [5, 5.41) is 10.3. The van der Waals surface area contributed by atoms with Crippen molar-refractivity contribution >= 4 is 39.9 Å². The molecule has 0 amide bonds. The minimum Gasteiger partial charge on any atom is -0.478 e. The van der Waals surface area contributed by atoms with Crippen LogP contribution in [0, 0.1) is 21.3 Å². The molecule has 5 aromatic carbocycles. The first kappa shape index (κ1) is 53.1. The molecule has 0 radical (unpaired) electrons. The third-order valence-electron chi connectivity index (χ3n) is 13.5. The quantitative estimate of drug-likeness (QED) is 0.0841. The topological polar surface area (TPSA) is 55.9 Å². The van der Waals surface area contributed by atoms with E-state index in [0.717, 1.165) is 66.2 Å². The Kier molecular flexibility index (Phi) is 19.6. The van der Waals surface area contributed by atoms with Crippen molar-refractivity contribution in [2.75, 3.05) is 31.1 Å². The van der Waals surface area contributed by atoms with Gasteiger partial charge >= 0.3 is 5.97 Å². The highest BCUT2D eigenvalue weighted by Gasteiger charge is 2.22. The second-order valence-corrected chi connectivity index (χ2v) is 17.9. The predicted molar refractivity (Wildman–Crippen MR) is 298 cm³/mol. The molecule has 0 saturated carbocycles. The van der Waals surface area contributed by atoms with Crippen molar-refractivity contribution in [3.8, 4) is 0 Å². The zero-order valence-corrected chi connectivity index (χ0v) is 43.2. The Balaban J connectivity index is 0.000000265. The number of hydrogen-bond donors (Lipinski definition) is 1. The van der Waals surface area contributed by atoms with Crippen molar-refractivity contribution in [3.63, 3.8) is 0 Å². The van der Waals surface area contributed by atoms with Crippen LogP contribution in [0.2, 0.25) is 0 Å². The van der Waals surface area contributed by atoms with E-state index in [-0.39, 0.29) is 13.0 Å². The Morgan fingerprint density at radius 1 is 0.565 bits per heavy atom. The third-order valence-corrected chi connectivity index (χ3v) is 13.5. The molecule has 0 aromatic heterocycles. The molecule has 5 heteroatoms. The normalized spacial score (nSPS) is 15.1. The molecule has 5 nitrogen and oxygen atoms in total. The summed E-state index contributed by atoms with van der Waals surface area (Å²) in [6.07, 6.45) is 16.8. The van der Waals surface area contributed by atoms with Crippen LogP contribution in [0.25, 0.3) is 11.1 Å². The van der Waals surface area contributed by atoms with E-state index in [2.05, 4.69) is 212 Å². The molecule has 2 aliphatic rings. The molecule has 2 aliphatic carbocycles. The summed E-state index contributed by atoms with van der Waals surface area (Å²) < 4.78 is 2.39. The summed E-state index contributed by atoms with van der Waals surface area (Å²) in [5.74, 6) is 0.118. The van der Waals surface area contributed by atoms with Crippen LogP contribution in [0.5, 0.6) is 0 Å². The van der Waals surface area contributed by atoms with E-state index in [1.54, 1.807) is 6.08 Å². The molecule has 7 rings (SSSR count). The number of benzene rings is 5. The van der Waals surface area contributed by atoms with E-state index >= 15 is 0 Å². The largest absolute Gasteiger partial charge is 0.478 e. The van der Waals surface area contributed by atoms with Crippen LogP contribution in [0.4, 0.5) is 11.4 Å². The molecule has 1 N–H and O–H groups in total. The van der Waals surface area contributed by atoms with Crippen molar-refractivity contribution in [1.29, 1.82) is 0 Å². The lowest BCUT2D eigenvalue weighted by Crippen LogP contribution is -2.21. The Morgan fingerprint density at radius 2 is 1.00 bits per heavy atom. The molecular weight excluding hydrogens is 843 g/mol. The van der Waals surface area contributed by atoms with Crippen molar-refractivity contribution in [1.82, 2.24) is 0 Å². The van der Waals surface area contributed by atoms with Gasteiger partial charge in [-0.05, 0) is 170 Å². The van der Waals surface area contributed by atoms with Crippen LogP contribution in [-0.4, -0.2) is 53.3 Å². The molecule has 0 fully saturated rings. The van der Waals surface area contributed by atoms with Crippen LogP contribution < -0.4 is 4.90 Å². The van der Waals surface area contributed by atoms with Crippen molar-refractivity contribution in [2.24, 2.45) is 4.99 Å². The smallest absolute Gasteiger partial charge is 0.336 e. The summed E-state index contributed by atoms with van der Waals surface area (Å²) >= 11 is 0. The van der Waals surface area contributed by atoms with Gasteiger partial charge in [0.25, 0.3) is 0 Å². The van der Waals surface area contributed by atoms with Crippen LogP contribution >= 0.6 is 0 Å². The number of carbonyl (C=O) groups is 1. The summed E-state index contributed by atoms with van der Waals surface area (Å²) in [6.45, 7) is 25.8. The predicted octanol–water partition coefficient (Wildman–Crippen LogP) is 15.9. The monoisotopic (exact) mass is 918 g/mol. The summed E-state index contributed by atoms with van der Waals surface area (Å²) in [4.78, 5) is 19.6. The lowest BCUT2D eigenvalue weighted by atomic mass is 9.86. The molecule has 0 saturated heterocycles. The van der Waals surface area contributed by atoms with Gasteiger partial charge in [-0.3, -0.25) is 0 Å². The van der Waals surface area contributed by atoms with E-state index in [1.807, 2.05) is 24.3 Å². The average Bonchev–Trinajstić information content (AvgIpc) is 3.37. The van der Waals surface area contributed by atoms with E-state index in [0.29, 0.717) is 23.1 Å². The van der Waals surface area contributed by atoms with Gasteiger partial charge in [0.1, 0.15) is 13.1 Å². The number of aryl methyl sites for hydroxylation is 2. The van der Waals surface area contributed by atoms with Crippen molar-refractivity contribution < 1.29 is 14.5 Å². The maximum atomic E-state index is 12.6. The fourth-order valence-electron chi connectivity index (χ4n) is 8.75. The van der Waals surface area contributed by atoms with Crippen molar-refractivity contribution in [3.05, 3.63) is 233 Å². The zero-order valence-electron chi connectivity index (χ0n) is 43.2. The standard InChI is InChI=1S/C35H38N2O2.C28H34N.CH3/c1-6-25(5)26-13-17-29(18-14-26)36-30-19-22-32(33(23-30)35(38)39)34(27-11-9-24(4)10-12-27)28-15-20-31(21-16-28)37(7-2)8-3;1-6-22(5)23-13-15-25(16-14-23)28(24-11-9-21(4)10-12-24)26-17-19-27(20-18-26)29(7-2)8-3;/h9-23,25H,6-8H2,1-5H3,(H,38,39);9-20,22H,6-8H2,1-5H3;1H3/q;+1;-1. The average molecular weight is 918 g/mol.